The minimum Gasteiger partial charge on any atom is -0.462 e. The summed E-state index contributed by atoms with van der Waals surface area (Å²) >= 11 is 0. The fourth-order valence-electron chi connectivity index (χ4n) is 4.80. The molecule has 0 heterocycles. The van der Waals surface area contributed by atoms with Crippen LogP contribution in [0.3, 0.4) is 0 Å². The first-order valence-electron chi connectivity index (χ1n) is 17.4. The molecule has 0 amide bonds. The Hall–Kier alpha value is -1.62. The number of aliphatic hydroxyl groups excluding tert-OH is 1. The zero-order valence-electron chi connectivity index (χ0n) is 27.1. The van der Waals surface area contributed by atoms with Crippen molar-refractivity contribution in [2.24, 2.45) is 0 Å². The first-order valence-corrected chi connectivity index (χ1v) is 17.4. The molecule has 0 aliphatic carbocycles. The molecule has 5 nitrogen and oxygen atoms in total. The lowest BCUT2D eigenvalue weighted by molar-refractivity contribution is -0.161. The van der Waals surface area contributed by atoms with Gasteiger partial charge in [-0.1, -0.05) is 147 Å². The van der Waals surface area contributed by atoms with Crippen molar-refractivity contribution in [1.82, 2.24) is 0 Å². The van der Waals surface area contributed by atoms with Gasteiger partial charge in [0.05, 0.1) is 6.61 Å². The highest BCUT2D eigenvalue weighted by Gasteiger charge is 2.16. The van der Waals surface area contributed by atoms with Gasteiger partial charge in [-0.05, 0) is 38.5 Å². The number of hydrogen-bond acceptors (Lipinski definition) is 5. The lowest BCUT2D eigenvalue weighted by Gasteiger charge is -2.15. The molecule has 0 aromatic rings. The maximum atomic E-state index is 12.1. The van der Waals surface area contributed by atoms with Gasteiger partial charge in [-0.15, -0.1) is 0 Å². The van der Waals surface area contributed by atoms with E-state index in [0.29, 0.717) is 12.8 Å². The number of unbranched alkanes of at least 4 members (excludes halogenated alkanes) is 19. The predicted molar refractivity (Wildman–Crippen MR) is 173 cm³/mol. The van der Waals surface area contributed by atoms with Crippen LogP contribution >= 0.6 is 0 Å². The number of carbonyl (C=O) groups is 2. The van der Waals surface area contributed by atoms with Gasteiger partial charge >= 0.3 is 11.9 Å². The first kappa shape index (κ1) is 39.4. The second-order valence-electron chi connectivity index (χ2n) is 11.6. The van der Waals surface area contributed by atoms with Crippen LogP contribution < -0.4 is 0 Å². The van der Waals surface area contributed by atoms with Crippen LogP contribution in [-0.4, -0.2) is 36.4 Å². The summed E-state index contributed by atoms with van der Waals surface area (Å²) < 4.78 is 10.5. The van der Waals surface area contributed by atoms with Crippen LogP contribution in [0.1, 0.15) is 174 Å². The van der Waals surface area contributed by atoms with E-state index in [0.717, 1.165) is 51.4 Å². The second kappa shape index (κ2) is 32.9. The molecule has 0 spiro atoms. The number of allylic oxidation sites excluding steroid dienone is 4. The van der Waals surface area contributed by atoms with Gasteiger partial charge in [0.15, 0.2) is 6.10 Å². The molecule has 0 rings (SSSR count). The zero-order valence-corrected chi connectivity index (χ0v) is 27.1. The van der Waals surface area contributed by atoms with E-state index < -0.39 is 6.10 Å². The predicted octanol–water partition coefficient (Wildman–Crippen LogP) is 10.3. The Morgan fingerprint density at radius 3 is 1.51 bits per heavy atom. The molecule has 0 fully saturated rings. The number of ether oxygens (including phenoxy) is 2. The normalized spacial score (nSPS) is 12.4. The van der Waals surface area contributed by atoms with Crippen LogP contribution in [-0.2, 0) is 19.1 Å². The van der Waals surface area contributed by atoms with Crippen molar-refractivity contribution in [2.75, 3.05) is 13.2 Å². The van der Waals surface area contributed by atoms with Crippen molar-refractivity contribution < 1.29 is 24.2 Å². The van der Waals surface area contributed by atoms with Crippen LogP contribution in [0.15, 0.2) is 24.3 Å². The molecule has 0 saturated carbocycles. The van der Waals surface area contributed by atoms with E-state index in [9.17, 15) is 14.7 Å². The van der Waals surface area contributed by atoms with E-state index in [2.05, 4.69) is 38.2 Å². The van der Waals surface area contributed by atoms with Gasteiger partial charge in [0.2, 0.25) is 0 Å². The molecule has 5 heteroatoms. The summed E-state index contributed by atoms with van der Waals surface area (Å²) in [5.41, 5.74) is 0. The number of hydrogen-bond donors (Lipinski definition) is 1. The van der Waals surface area contributed by atoms with Gasteiger partial charge < -0.3 is 14.6 Å². The van der Waals surface area contributed by atoms with E-state index >= 15 is 0 Å². The summed E-state index contributed by atoms with van der Waals surface area (Å²) in [6, 6.07) is 0. The summed E-state index contributed by atoms with van der Waals surface area (Å²) in [4.78, 5) is 24.1. The Morgan fingerprint density at radius 1 is 0.561 bits per heavy atom. The summed E-state index contributed by atoms with van der Waals surface area (Å²) in [6.07, 6.45) is 36.5. The van der Waals surface area contributed by atoms with Crippen molar-refractivity contribution in [3.05, 3.63) is 24.3 Å². The van der Waals surface area contributed by atoms with Crippen molar-refractivity contribution in [3.8, 4) is 0 Å². The fraction of sp³-hybridized carbons (Fsp3) is 0.833. The number of aliphatic hydroxyl groups is 1. The third kappa shape index (κ3) is 31.2. The second-order valence-corrected chi connectivity index (χ2v) is 11.6. The molecule has 0 radical (unpaired) electrons. The minimum absolute atomic E-state index is 0.0679. The third-order valence-electron chi connectivity index (χ3n) is 7.50. The molecule has 41 heavy (non-hydrogen) atoms. The molecular weight excluding hydrogens is 512 g/mol. The molecule has 0 aliphatic rings. The molecule has 0 unspecified atom stereocenters. The van der Waals surface area contributed by atoms with Gasteiger partial charge in [-0.25, -0.2) is 0 Å². The average Bonchev–Trinajstić information content (AvgIpc) is 2.97. The lowest BCUT2D eigenvalue weighted by Crippen LogP contribution is -2.28. The largest absolute Gasteiger partial charge is 0.462 e. The van der Waals surface area contributed by atoms with E-state index in [4.69, 9.17) is 9.47 Å². The van der Waals surface area contributed by atoms with Crippen molar-refractivity contribution in [1.29, 1.82) is 0 Å². The highest BCUT2D eigenvalue weighted by Crippen LogP contribution is 2.13. The van der Waals surface area contributed by atoms with Crippen molar-refractivity contribution in [3.63, 3.8) is 0 Å². The lowest BCUT2D eigenvalue weighted by atomic mass is 10.0. The fourth-order valence-corrected chi connectivity index (χ4v) is 4.80. The van der Waals surface area contributed by atoms with E-state index in [-0.39, 0.29) is 25.2 Å². The Labute approximate surface area is 253 Å². The van der Waals surface area contributed by atoms with Crippen LogP contribution in [0.2, 0.25) is 0 Å². The van der Waals surface area contributed by atoms with E-state index in [1.807, 2.05) is 0 Å². The standard InChI is InChI=1S/C36H66O5/c1-3-5-7-9-11-13-15-17-19-21-23-25-27-29-31-36(39)41-34(32-37)33-40-35(38)30-28-26-24-22-20-18-16-14-12-10-8-6-4-2/h9,11,15,17,34,37H,3-8,10,12-14,16,18-33H2,1-2H3/b11-9+,17-15+/t34-/m0/s1. The maximum absolute atomic E-state index is 12.1. The van der Waals surface area contributed by atoms with E-state index in [1.54, 1.807) is 0 Å². The molecule has 1 N–H and O–H groups in total. The summed E-state index contributed by atoms with van der Waals surface area (Å²) in [6.45, 7) is 4.07. The van der Waals surface area contributed by atoms with Crippen molar-refractivity contribution >= 4 is 11.9 Å². The van der Waals surface area contributed by atoms with Crippen LogP contribution in [0.4, 0.5) is 0 Å². The quantitative estimate of drug-likeness (QED) is 0.0503. The van der Waals surface area contributed by atoms with E-state index in [1.165, 1.54) is 96.3 Å². The molecule has 240 valence electrons. The molecule has 0 aromatic heterocycles. The summed E-state index contributed by atoms with van der Waals surface area (Å²) in [5.74, 6) is -0.604. The van der Waals surface area contributed by atoms with Crippen LogP contribution in [0.25, 0.3) is 0 Å². The molecular formula is C36H66O5. The highest BCUT2D eigenvalue weighted by molar-refractivity contribution is 5.70. The van der Waals surface area contributed by atoms with Gasteiger partial charge in [0, 0.05) is 12.8 Å². The average molecular weight is 579 g/mol. The van der Waals surface area contributed by atoms with Gasteiger partial charge in [0.1, 0.15) is 6.61 Å². The minimum atomic E-state index is -0.772. The Morgan fingerprint density at radius 2 is 1.00 bits per heavy atom. The summed E-state index contributed by atoms with van der Waals surface area (Å²) in [7, 11) is 0. The number of rotatable bonds is 31. The Kier molecular flexibility index (Phi) is 31.6. The zero-order chi connectivity index (χ0) is 30.1. The molecule has 0 aromatic carbocycles. The Bertz CT molecular complexity index is 627. The monoisotopic (exact) mass is 578 g/mol. The molecule has 0 bridgehead atoms. The molecule has 0 saturated heterocycles. The number of esters is 2. The van der Waals surface area contributed by atoms with Gasteiger partial charge in [-0.2, -0.15) is 0 Å². The van der Waals surface area contributed by atoms with Gasteiger partial charge in [-0.3, -0.25) is 9.59 Å². The molecule has 0 aliphatic heterocycles. The number of carbonyl (C=O) groups excluding carboxylic acids is 2. The SMILES string of the molecule is CCCC/C=C/C/C=C/CCCCCCCC(=O)O[C@@H](CO)COC(=O)CCCCCCCCCCCCCCC. The first-order chi connectivity index (χ1) is 20.1. The van der Waals surface area contributed by atoms with Crippen molar-refractivity contribution in [2.45, 2.75) is 180 Å². The topological polar surface area (TPSA) is 72.8 Å². The Balaban J connectivity index is 3.59. The van der Waals surface area contributed by atoms with Gasteiger partial charge in [0.25, 0.3) is 0 Å². The highest BCUT2D eigenvalue weighted by atomic mass is 16.6. The maximum Gasteiger partial charge on any atom is 0.306 e. The van der Waals surface area contributed by atoms with Crippen LogP contribution in [0.5, 0.6) is 0 Å². The van der Waals surface area contributed by atoms with Crippen LogP contribution in [0, 0.1) is 0 Å². The third-order valence-corrected chi connectivity index (χ3v) is 7.50. The smallest absolute Gasteiger partial charge is 0.306 e. The summed E-state index contributed by atoms with van der Waals surface area (Å²) in [5, 5.41) is 9.50. The molecule has 1 atom stereocenters.